The quantitative estimate of drug-likeness (QED) is 0.505. The number of carboxylic acids is 1. The van der Waals surface area contributed by atoms with Gasteiger partial charge in [0.25, 0.3) is 0 Å². The minimum absolute atomic E-state index is 0.134. The molecule has 0 rings (SSSR count). The molecule has 64 valence electrons. The van der Waals surface area contributed by atoms with E-state index in [-0.39, 0.29) is 6.08 Å². The maximum absolute atomic E-state index is 12.5. The third-order valence-electron chi connectivity index (χ3n) is 0.909. The minimum Gasteiger partial charge on any atom is -0.478 e. The lowest BCUT2D eigenvalue weighted by molar-refractivity contribution is -0.143. The van der Waals surface area contributed by atoms with Crippen molar-refractivity contribution in [3.05, 3.63) is 12.7 Å². The molecule has 0 aromatic heterocycles. The maximum Gasteiger partial charge on any atom is 0.364 e. The smallest absolute Gasteiger partial charge is 0.364 e. The SMILES string of the molecule is C=CC(F)(C(=O)O)S(=O)(=O)F. The molecule has 0 bridgehead atoms. The van der Waals surface area contributed by atoms with E-state index in [0.29, 0.717) is 0 Å². The van der Waals surface area contributed by atoms with E-state index in [4.69, 9.17) is 5.11 Å². The highest BCUT2D eigenvalue weighted by molar-refractivity contribution is 7.88. The third-order valence-corrected chi connectivity index (χ3v) is 1.96. The topological polar surface area (TPSA) is 71.4 Å². The zero-order chi connectivity index (χ0) is 9.28. The Morgan fingerprint density at radius 1 is 1.64 bits per heavy atom. The van der Waals surface area contributed by atoms with Crippen LogP contribution in [0.25, 0.3) is 0 Å². The molecule has 0 aliphatic carbocycles. The van der Waals surface area contributed by atoms with Crippen LogP contribution in [0.4, 0.5) is 8.28 Å². The van der Waals surface area contributed by atoms with Crippen molar-refractivity contribution in [2.45, 2.75) is 5.00 Å². The molecule has 0 fully saturated rings. The van der Waals surface area contributed by atoms with Crippen LogP contribution in [0.3, 0.4) is 0 Å². The van der Waals surface area contributed by atoms with Gasteiger partial charge in [0.1, 0.15) is 0 Å². The van der Waals surface area contributed by atoms with E-state index in [2.05, 4.69) is 6.58 Å². The summed E-state index contributed by atoms with van der Waals surface area (Å²) in [6.45, 7) is 2.55. The second-order valence-electron chi connectivity index (χ2n) is 1.59. The number of carboxylic acid groups (broad SMARTS) is 1. The van der Waals surface area contributed by atoms with Crippen molar-refractivity contribution < 1.29 is 26.6 Å². The Hall–Kier alpha value is -0.980. The standard InChI is InChI=1S/C4H4F2O4S/c1-2-4(5,3(7)8)11(6,9)10/h2H,1H2,(H,7,8). The van der Waals surface area contributed by atoms with Crippen molar-refractivity contribution in [1.29, 1.82) is 0 Å². The second-order valence-corrected chi connectivity index (χ2v) is 3.06. The van der Waals surface area contributed by atoms with Gasteiger partial charge in [-0.25, -0.2) is 9.18 Å². The summed E-state index contributed by atoms with van der Waals surface area (Å²) in [5.41, 5.74) is 0. The van der Waals surface area contributed by atoms with Crippen LogP contribution in [0, 0.1) is 0 Å². The first-order chi connectivity index (χ1) is 4.75. The maximum atomic E-state index is 12.5. The van der Waals surface area contributed by atoms with Crippen LogP contribution in [0.1, 0.15) is 0 Å². The van der Waals surface area contributed by atoms with Gasteiger partial charge in [-0.3, -0.25) is 0 Å². The van der Waals surface area contributed by atoms with E-state index in [1.807, 2.05) is 0 Å². The highest BCUT2D eigenvalue weighted by Crippen LogP contribution is 2.22. The molecule has 1 N–H and O–H groups in total. The molecule has 1 unspecified atom stereocenters. The molecule has 0 heterocycles. The fourth-order valence-corrected chi connectivity index (χ4v) is 0.699. The summed E-state index contributed by atoms with van der Waals surface area (Å²) in [5, 5.41) is 3.87. The predicted octanol–water partition coefficient (Wildman–Crippen LogP) is 0.222. The van der Waals surface area contributed by atoms with E-state index >= 15 is 0 Å². The average Bonchev–Trinajstić information content (AvgIpc) is 1.83. The lowest BCUT2D eigenvalue weighted by atomic mass is 10.4. The van der Waals surface area contributed by atoms with Crippen LogP contribution >= 0.6 is 0 Å². The molecule has 0 aromatic carbocycles. The van der Waals surface area contributed by atoms with Crippen LogP contribution in [0.2, 0.25) is 0 Å². The number of hydrogen-bond donors (Lipinski definition) is 1. The van der Waals surface area contributed by atoms with Crippen LogP contribution < -0.4 is 0 Å². The van der Waals surface area contributed by atoms with E-state index in [1.54, 1.807) is 0 Å². The van der Waals surface area contributed by atoms with Crippen LogP contribution in [0.5, 0.6) is 0 Å². The van der Waals surface area contributed by atoms with Gasteiger partial charge in [-0.05, 0) is 6.08 Å². The van der Waals surface area contributed by atoms with Gasteiger partial charge in [0, 0.05) is 0 Å². The Morgan fingerprint density at radius 2 is 2.00 bits per heavy atom. The Morgan fingerprint density at radius 3 is 2.00 bits per heavy atom. The number of aliphatic carboxylic acids is 1. The first-order valence-corrected chi connectivity index (χ1v) is 3.64. The van der Waals surface area contributed by atoms with E-state index < -0.39 is 21.2 Å². The number of hydrogen-bond acceptors (Lipinski definition) is 3. The summed E-state index contributed by atoms with van der Waals surface area (Å²) in [7, 11) is -5.80. The molecule has 0 radical (unpaired) electrons. The highest BCUT2D eigenvalue weighted by atomic mass is 32.3. The van der Waals surface area contributed by atoms with Crippen molar-refractivity contribution in [1.82, 2.24) is 0 Å². The molecule has 1 atom stereocenters. The molecule has 0 amide bonds. The van der Waals surface area contributed by atoms with Crippen molar-refractivity contribution in [3.8, 4) is 0 Å². The van der Waals surface area contributed by atoms with Crippen molar-refractivity contribution in [3.63, 3.8) is 0 Å². The molecule has 0 saturated carbocycles. The first-order valence-electron chi connectivity index (χ1n) is 2.26. The largest absolute Gasteiger partial charge is 0.478 e. The Bertz CT molecular complexity index is 282. The van der Waals surface area contributed by atoms with Crippen LogP contribution in [-0.4, -0.2) is 24.5 Å². The molecule has 0 spiro atoms. The Kier molecular flexibility index (Phi) is 2.34. The summed E-state index contributed by atoms with van der Waals surface area (Å²) in [6.07, 6.45) is -0.134. The Balaban J connectivity index is 5.26. The zero-order valence-corrected chi connectivity index (χ0v) is 5.94. The molecule has 0 aromatic rings. The first kappa shape index (κ1) is 10.0. The van der Waals surface area contributed by atoms with E-state index in [1.165, 1.54) is 0 Å². The molecule has 7 heteroatoms. The predicted molar refractivity (Wildman–Crippen MR) is 31.7 cm³/mol. The zero-order valence-electron chi connectivity index (χ0n) is 5.12. The van der Waals surface area contributed by atoms with Gasteiger partial charge >= 0.3 is 21.2 Å². The Labute approximate surface area is 61.4 Å². The number of carbonyl (C=O) groups is 1. The fraction of sp³-hybridized carbons (Fsp3) is 0.250. The fourth-order valence-electron chi connectivity index (χ4n) is 0.291. The second kappa shape index (κ2) is 2.57. The minimum atomic E-state index is -5.80. The van der Waals surface area contributed by atoms with Crippen LogP contribution in [0.15, 0.2) is 12.7 Å². The molecule has 0 saturated heterocycles. The summed E-state index contributed by atoms with van der Waals surface area (Å²) < 4.78 is 44.0. The normalized spacial score (nSPS) is 16.9. The monoisotopic (exact) mass is 186 g/mol. The molecule has 11 heavy (non-hydrogen) atoms. The van der Waals surface area contributed by atoms with Gasteiger partial charge in [0.15, 0.2) is 0 Å². The van der Waals surface area contributed by atoms with Gasteiger partial charge in [0.05, 0.1) is 0 Å². The van der Waals surface area contributed by atoms with Gasteiger partial charge in [-0.2, -0.15) is 8.42 Å². The highest BCUT2D eigenvalue weighted by Gasteiger charge is 2.50. The van der Waals surface area contributed by atoms with Crippen molar-refractivity contribution in [2.75, 3.05) is 0 Å². The summed E-state index contributed by atoms with van der Waals surface area (Å²) in [6, 6.07) is 0. The van der Waals surface area contributed by atoms with Crippen LogP contribution in [-0.2, 0) is 15.0 Å². The van der Waals surface area contributed by atoms with Crippen molar-refractivity contribution >= 4 is 16.2 Å². The van der Waals surface area contributed by atoms with Crippen molar-refractivity contribution in [2.24, 2.45) is 0 Å². The van der Waals surface area contributed by atoms with E-state index in [0.717, 1.165) is 0 Å². The molecule has 0 aliphatic rings. The van der Waals surface area contributed by atoms with Gasteiger partial charge in [-0.15, -0.1) is 3.89 Å². The number of rotatable bonds is 3. The third kappa shape index (κ3) is 1.53. The average molecular weight is 186 g/mol. The summed E-state index contributed by atoms with van der Waals surface area (Å²) in [5.74, 6) is -2.45. The lowest BCUT2D eigenvalue weighted by Gasteiger charge is -2.08. The number of alkyl halides is 1. The number of halogens is 2. The van der Waals surface area contributed by atoms with Gasteiger partial charge < -0.3 is 5.11 Å². The molecular formula is C4H4F2O4S. The lowest BCUT2D eigenvalue weighted by Crippen LogP contribution is -2.37. The summed E-state index contributed by atoms with van der Waals surface area (Å²) >= 11 is 0. The van der Waals surface area contributed by atoms with Gasteiger partial charge in [0.2, 0.25) is 0 Å². The molecule has 4 nitrogen and oxygen atoms in total. The van der Waals surface area contributed by atoms with Gasteiger partial charge in [-0.1, -0.05) is 6.58 Å². The molecule has 0 aliphatic heterocycles. The summed E-state index contributed by atoms with van der Waals surface area (Å²) in [4.78, 5) is 9.83. The van der Waals surface area contributed by atoms with E-state index in [9.17, 15) is 21.5 Å². The molecular weight excluding hydrogens is 182 g/mol.